The third kappa shape index (κ3) is 3.15. The van der Waals surface area contributed by atoms with Gasteiger partial charge in [0.2, 0.25) is 0 Å². The molecule has 1 aliphatic rings. The monoisotopic (exact) mass is 200 g/mol. The number of hydrogen-bond donors (Lipinski definition) is 0. The first-order valence-electron chi connectivity index (χ1n) is 4.92. The van der Waals surface area contributed by atoms with Crippen molar-refractivity contribution < 1.29 is 4.79 Å². The zero-order valence-electron chi connectivity index (χ0n) is 8.35. The lowest BCUT2D eigenvalue weighted by Gasteiger charge is -2.25. The SMILES string of the molecule is CC(=CCl)CC1CC(C)CCC1=O. The predicted octanol–water partition coefficient (Wildman–Crippen LogP) is 3.52. The lowest BCUT2D eigenvalue weighted by Crippen LogP contribution is -2.23. The number of carbonyl (C=O) groups excluding carboxylic acids is 1. The van der Waals surface area contributed by atoms with Crippen LogP contribution in [0.4, 0.5) is 0 Å². The molecule has 2 atom stereocenters. The van der Waals surface area contributed by atoms with Crippen molar-refractivity contribution in [3.8, 4) is 0 Å². The molecule has 1 fully saturated rings. The molecule has 0 heterocycles. The number of Topliss-reactive ketones (excluding diaryl/α,β-unsaturated/α-hetero) is 1. The Morgan fingerprint density at radius 1 is 1.69 bits per heavy atom. The van der Waals surface area contributed by atoms with Gasteiger partial charge < -0.3 is 0 Å². The second kappa shape index (κ2) is 4.80. The van der Waals surface area contributed by atoms with Gasteiger partial charge in [-0.3, -0.25) is 4.79 Å². The van der Waals surface area contributed by atoms with Gasteiger partial charge in [0.25, 0.3) is 0 Å². The highest BCUT2D eigenvalue weighted by Crippen LogP contribution is 2.30. The van der Waals surface area contributed by atoms with Crippen LogP contribution in [0.2, 0.25) is 0 Å². The minimum atomic E-state index is 0.235. The number of hydrogen-bond acceptors (Lipinski definition) is 1. The molecule has 0 radical (unpaired) electrons. The van der Waals surface area contributed by atoms with Crippen LogP contribution in [0.5, 0.6) is 0 Å². The molecular formula is C11H17ClO. The Labute approximate surface area is 85.2 Å². The summed E-state index contributed by atoms with van der Waals surface area (Å²) in [5, 5.41) is 0. The van der Waals surface area contributed by atoms with Crippen molar-refractivity contribution in [3.05, 3.63) is 11.1 Å². The van der Waals surface area contributed by atoms with E-state index in [2.05, 4.69) is 6.92 Å². The molecule has 0 aliphatic heterocycles. The van der Waals surface area contributed by atoms with E-state index in [1.165, 1.54) is 0 Å². The fourth-order valence-corrected chi connectivity index (χ4v) is 2.05. The van der Waals surface area contributed by atoms with Gasteiger partial charge in [-0.1, -0.05) is 24.1 Å². The van der Waals surface area contributed by atoms with E-state index in [1.807, 2.05) is 6.92 Å². The second-order valence-corrected chi connectivity index (χ2v) is 4.42. The summed E-state index contributed by atoms with van der Waals surface area (Å²) in [7, 11) is 0. The van der Waals surface area contributed by atoms with E-state index in [0.29, 0.717) is 11.7 Å². The highest BCUT2D eigenvalue weighted by atomic mass is 35.5. The second-order valence-electron chi connectivity index (χ2n) is 4.20. The molecule has 0 bridgehead atoms. The Balaban J connectivity index is 2.51. The van der Waals surface area contributed by atoms with E-state index in [-0.39, 0.29) is 5.92 Å². The fourth-order valence-electron chi connectivity index (χ4n) is 1.96. The third-order valence-corrected chi connectivity index (χ3v) is 3.15. The van der Waals surface area contributed by atoms with Crippen LogP contribution in [0.25, 0.3) is 0 Å². The highest BCUT2D eigenvalue weighted by molar-refractivity contribution is 6.25. The average Bonchev–Trinajstić information content (AvgIpc) is 2.11. The van der Waals surface area contributed by atoms with Crippen molar-refractivity contribution in [2.24, 2.45) is 11.8 Å². The van der Waals surface area contributed by atoms with Crippen LogP contribution in [0.3, 0.4) is 0 Å². The Morgan fingerprint density at radius 2 is 2.38 bits per heavy atom. The first-order valence-corrected chi connectivity index (χ1v) is 5.35. The number of carbonyl (C=O) groups is 1. The van der Waals surface area contributed by atoms with Crippen LogP contribution in [-0.4, -0.2) is 5.78 Å². The van der Waals surface area contributed by atoms with Gasteiger partial charge in [-0.2, -0.15) is 0 Å². The van der Waals surface area contributed by atoms with Gasteiger partial charge in [0.15, 0.2) is 0 Å². The number of rotatable bonds is 2. The smallest absolute Gasteiger partial charge is 0.136 e. The maximum atomic E-state index is 11.5. The first kappa shape index (κ1) is 10.8. The Hall–Kier alpha value is -0.300. The van der Waals surface area contributed by atoms with E-state index >= 15 is 0 Å². The number of ketones is 1. The summed E-state index contributed by atoms with van der Waals surface area (Å²) in [5.74, 6) is 1.36. The topological polar surface area (TPSA) is 17.1 Å². The molecule has 0 aromatic carbocycles. The van der Waals surface area contributed by atoms with Gasteiger partial charge in [0.05, 0.1) is 0 Å². The summed E-state index contributed by atoms with van der Waals surface area (Å²) in [5.41, 5.74) is 2.71. The standard InChI is InChI=1S/C11H17ClO/c1-8-3-4-11(13)10(5-8)6-9(2)7-12/h7-8,10H,3-6H2,1-2H3. The molecule has 13 heavy (non-hydrogen) atoms. The van der Waals surface area contributed by atoms with E-state index in [1.54, 1.807) is 5.54 Å². The van der Waals surface area contributed by atoms with Crippen molar-refractivity contribution in [2.75, 3.05) is 0 Å². The number of halogens is 1. The molecule has 74 valence electrons. The minimum absolute atomic E-state index is 0.235. The average molecular weight is 201 g/mol. The fraction of sp³-hybridized carbons (Fsp3) is 0.727. The maximum absolute atomic E-state index is 11.5. The molecule has 2 heteroatoms. The van der Waals surface area contributed by atoms with Gasteiger partial charge in [-0.25, -0.2) is 0 Å². The molecule has 1 nitrogen and oxygen atoms in total. The van der Waals surface area contributed by atoms with Crippen molar-refractivity contribution in [1.29, 1.82) is 0 Å². The largest absolute Gasteiger partial charge is 0.299 e. The van der Waals surface area contributed by atoms with Gasteiger partial charge in [-0.15, -0.1) is 0 Å². The Kier molecular flexibility index (Phi) is 3.98. The summed E-state index contributed by atoms with van der Waals surface area (Å²) < 4.78 is 0. The lowest BCUT2D eigenvalue weighted by molar-refractivity contribution is -0.125. The molecule has 0 saturated heterocycles. The summed E-state index contributed by atoms with van der Waals surface area (Å²) in [4.78, 5) is 11.5. The van der Waals surface area contributed by atoms with E-state index in [9.17, 15) is 4.79 Å². The normalized spacial score (nSPS) is 30.7. The molecule has 1 aliphatic carbocycles. The van der Waals surface area contributed by atoms with Gasteiger partial charge in [-0.05, 0) is 32.1 Å². The quantitative estimate of drug-likeness (QED) is 0.667. The highest BCUT2D eigenvalue weighted by Gasteiger charge is 2.26. The molecule has 0 spiro atoms. The molecule has 2 unspecified atom stereocenters. The van der Waals surface area contributed by atoms with Crippen molar-refractivity contribution in [1.82, 2.24) is 0 Å². The van der Waals surface area contributed by atoms with E-state index in [4.69, 9.17) is 11.6 Å². The summed E-state index contributed by atoms with van der Waals surface area (Å²) in [6.45, 7) is 4.21. The van der Waals surface area contributed by atoms with Crippen LogP contribution < -0.4 is 0 Å². The first-order chi connectivity index (χ1) is 6.13. The zero-order chi connectivity index (χ0) is 9.84. The Bertz CT molecular complexity index is 220. The third-order valence-electron chi connectivity index (χ3n) is 2.78. The van der Waals surface area contributed by atoms with Crippen molar-refractivity contribution in [2.45, 2.75) is 39.5 Å². The van der Waals surface area contributed by atoms with Gasteiger partial charge >= 0.3 is 0 Å². The maximum Gasteiger partial charge on any atom is 0.136 e. The van der Waals surface area contributed by atoms with Crippen LogP contribution in [-0.2, 0) is 4.79 Å². The molecule has 1 rings (SSSR count). The zero-order valence-corrected chi connectivity index (χ0v) is 9.10. The molecule has 0 aromatic heterocycles. The van der Waals surface area contributed by atoms with Gasteiger partial charge in [0, 0.05) is 17.9 Å². The summed E-state index contributed by atoms with van der Waals surface area (Å²) in [6.07, 6.45) is 3.73. The van der Waals surface area contributed by atoms with E-state index < -0.39 is 0 Å². The molecular weight excluding hydrogens is 184 g/mol. The van der Waals surface area contributed by atoms with Crippen LogP contribution in [0.1, 0.15) is 39.5 Å². The lowest BCUT2D eigenvalue weighted by atomic mass is 9.79. The van der Waals surface area contributed by atoms with Crippen molar-refractivity contribution >= 4 is 17.4 Å². The Morgan fingerprint density at radius 3 is 3.00 bits per heavy atom. The van der Waals surface area contributed by atoms with Gasteiger partial charge in [0.1, 0.15) is 5.78 Å². The van der Waals surface area contributed by atoms with Crippen LogP contribution in [0.15, 0.2) is 11.1 Å². The van der Waals surface area contributed by atoms with E-state index in [0.717, 1.165) is 31.3 Å². The molecule has 0 N–H and O–H groups in total. The van der Waals surface area contributed by atoms with Crippen LogP contribution in [0, 0.1) is 11.8 Å². The minimum Gasteiger partial charge on any atom is -0.299 e. The molecule has 0 amide bonds. The predicted molar refractivity (Wildman–Crippen MR) is 55.7 cm³/mol. The summed E-state index contributed by atoms with van der Waals surface area (Å²) >= 11 is 5.58. The number of allylic oxidation sites excluding steroid dienone is 1. The summed E-state index contributed by atoms with van der Waals surface area (Å²) in [6, 6.07) is 0. The molecule has 0 aromatic rings. The van der Waals surface area contributed by atoms with Crippen LogP contribution >= 0.6 is 11.6 Å². The molecule has 1 saturated carbocycles. The van der Waals surface area contributed by atoms with Crippen molar-refractivity contribution in [3.63, 3.8) is 0 Å².